The summed E-state index contributed by atoms with van der Waals surface area (Å²) in [6.07, 6.45) is 4.06. The molecule has 2 aromatic heterocycles. The van der Waals surface area contributed by atoms with Crippen molar-refractivity contribution in [1.82, 2.24) is 14.5 Å². The van der Waals surface area contributed by atoms with Gasteiger partial charge in [-0.3, -0.25) is 14.3 Å². The third-order valence-electron chi connectivity index (χ3n) is 3.61. The lowest BCUT2D eigenvalue weighted by molar-refractivity contribution is 0.574. The second kappa shape index (κ2) is 6.10. The Balaban J connectivity index is 2.16. The summed E-state index contributed by atoms with van der Waals surface area (Å²) in [5.74, 6) is 1.27. The first-order chi connectivity index (χ1) is 10.6. The Bertz CT molecular complexity index is 838. The molecule has 0 spiro atoms. The molecule has 0 aliphatic carbocycles. The molecule has 0 aliphatic heterocycles. The van der Waals surface area contributed by atoms with Gasteiger partial charge in [0.05, 0.1) is 17.4 Å². The van der Waals surface area contributed by atoms with Crippen LogP contribution in [0.25, 0.3) is 10.9 Å². The zero-order chi connectivity index (χ0) is 15.5. The molecule has 2 heterocycles. The number of benzene rings is 1. The molecule has 0 atom stereocenters. The highest BCUT2D eigenvalue weighted by Crippen LogP contribution is 2.12. The smallest absolute Gasteiger partial charge is 0.263 e. The molecule has 112 valence electrons. The highest BCUT2D eigenvalue weighted by molar-refractivity contribution is 5.76. The summed E-state index contributed by atoms with van der Waals surface area (Å²) in [5, 5.41) is 0.575. The average Bonchev–Trinajstić information content (AvgIpc) is 2.52. The van der Waals surface area contributed by atoms with E-state index in [0.717, 1.165) is 23.3 Å². The van der Waals surface area contributed by atoms with Crippen molar-refractivity contribution in [2.24, 2.45) is 5.92 Å². The average molecular weight is 293 g/mol. The first kappa shape index (κ1) is 14.4. The Morgan fingerprint density at radius 3 is 2.64 bits per heavy atom. The van der Waals surface area contributed by atoms with Gasteiger partial charge in [-0.2, -0.15) is 0 Å². The molecule has 3 aromatic rings. The maximum atomic E-state index is 12.8. The Labute approximate surface area is 129 Å². The summed E-state index contributed by atoms with van der Waals surface area (Å²) in [7, 11) is 0. The molecular weight excluding hydrogens is 274 g/mol. The molecule has 0 N–H and O–H groups in total. The molecule has 4 nitrogen and oxygen atoms in total. The number of hydrogen-bond donors (Lipinski definition) is 0. The monoisotopic (exact) mass is 293 g/mol. The largest absolute Gasteiger partial charge is 0.292 e. The predicted molar refractivity (Wildman–Crippen MR) is 87.9 cm³/mol. The van der Waals surface area contributed by atoms with E-state index in [-0.39, 0.29) is 5.56 Å². The quantitative estimate of drug-likeness (QED) is 0.743. The van der Waals surface area contributed by atoms with Crippen molar-refractivity contribution in [3.8, 4) is 0 Å². The van der Waals surface area contributed by atoms with Crippen LogP contribution in [-0.4, -0.2) is 14.5 Å². The SMILES string of the molecule is CC(C)Cc1nc2ccncc2c(=O)n1Cc1ccccc1. The fourth-order valence-electron chi connectivity index (χ4n) is 2.56. The predicted octanol–water partition coefficient (Wildman–Crippen LogP) is 3.04. The molecule has 0 radical (unpaired) electrons. The number of hydrogen-bond acceptors (Lipinski definition) is 3. The summed E-state index contributed by atoms with van der Waals surface area (Å²) in [6.45, 7) is 4.81. The van der Waals surface area contributed by atoms with Gasteiger partial charge < -0.3 is 0 Å². The molecule has 0 saturated heterocycles. The van der Waals surface area contributed by atoms with Crippen molar-refractivity contribution >= 4 is 10.9 Å². The summed E-state index contributed by atoms with van der Waals surface area (Å²) in [6, 6.07) is 11.8. The van der Waals surface area contributed by atoms with Crippen molar-refractivity contribution in [3.05, 3.63) is 70.5 Å². The van der Waals surface area contributed by atoms with Crippen molar-refractivity contribution in [3.63, 3.8) is 0 Å². The Kier molecular flexibility index (Phi) is 4.00. The van der Waals surface area contributed by atoms with Crippen LogP contribution in [-0.2, 0) is 13.0 Å². The van der Waals surface area contributed by atoms with Gasteiger partial charge >= 0.3 is 0 Å². The first-order valence-electron chi connectivity index (χ1n) is 7.52. The lowest BCUT2D eigenvalue weighted by Crippen LogP contribution is -2.27. The van der Waals surface area contributed by atoms with Crippen LogP contribution in [0.5, 0.6) is 0 Å². The van der Waals surface area contributed by atoms with Gasteiger partial charge in [0.15, 0.2) is 0 Å². The second-order valence-electron chi connectivity index (χ2n) is 5.90. The molecule has 3 rings (SSSR count). The van der Waals surface area contributed by atoms with Crippen LogP contribution in [0.3, 0.4) is 0 Å². The number of nitrogens with zero attached hydrogens (tertiary/aromatic N) is 3. The highest BCUT2D eigenvalue weighted by atomic mass is 16.1. The number of rotatable bonds is 4. The van der Waals surface area contributed by atoms with Crippen molar-refractivity contribution in [2.75, 3.05) is 0 Å². The van der Waals surface area contributed by atoms with Gasteiger partial charge in [0.25, 0.3) is 5.56 Å². The zero-order valence-corrected chi connectivity index (χ0v) is 12.9. The third-order valence-corrected chi connectivity index (χ3v) is 3.61. The van der Waals surface area contributed by atoms with Gasteiger partial charge in [0.1, 0.15) is 5.82 Å². The van der Waals surface area contributed by atoms with Gasteiger partial charge in [-0.25, -0.2) is 4.98 Å². The number of pyridine rings is 1. The molecule has 0 amide bonds. The summed E-state index contributed by atoms with van der Waals surface area (Å²) >= 11 is 0. The van der Waals surface area contributed by atoms with Crippen LogP contribution >= 0.6 is 0 Å². The minimum atomic E-state index is -0.0161. The maximum Gasteiger partial charge on any atom is 0.263 e. The second-order valence-corrected chi connectivity index (χ2v) is 5.90. The summed E-state index contributed by atoms with van der Waals surface area (Å²) < 4.78 is 1.78. The Morgan fingerprint density at radius 1 is 1.14 bits per heavy atom. The van der Waals surface area contributed by atoms with Crippen LogP contribution in [0, 0.1) is 5.92 Å². The topological polar surface area (TPSA) is 47.8 Å². The molecule has 0 saturated carbocycles. The standard InChI is InChI=1S/C18H19N3O/c1-13(2)10-17-20-16-8-9-19-11-15(16)18(22)21(17)12-14-6-4-3-5-7-14/h3-9,11,13H,10,12H2,1-2H3. The minimum Gasteiger partial charge on any atom is -0.292 e. The van der Waals surface area contributed by atoms with E-state index in [4.69, 9.17) is 4.98 Å². The lowest BCUT2D eigenvalue weighted by Gasteiger charge is -2.15. The molecule has 0 unspecified atom stereocenters. The first-order valence-corrected chi connectivity index (χ1v) is 7.52. The van der Waals surface area contributed by atoms with E-state index in [0.29, 0.717) is 17.8 Å². The van der Waals surface area contributed by atoms with E-state index in [9.17, 15) is 4.79 Å². The molecule has 4 heteroatoms. The Morgan fingerprint density at radius 2 is 1.91 bits per heavy atom. The van der Waals surface area contributed by atoms with Gasteiger partial charge in [-0.05, 0) is 17.5 Å². The lowest BCUT2D eigenvalue weighted by atomic mass is 10.1. The molecular formula is C18H19N3O. The van der Waals surface area contributed by atoms with Crippen LogP contribution in [0.1, 0.15) is 25.2 Å². The van der Waals surface area contributed by atoms with E-state index in [1.807, 2.05) is 30.3 Å². The Hall–Kier alpha value is -2.49. The molecule has 0 fully saturated rings. The summed E-state index contributed by atoms with van der Waals surface area (Å²) in [4.78, 5) is 21.6. The normalized spacial score (nSPS) is 11.2. The molecule has 22 heavy (non-hydrogen) atoms. The van der Waals surface area contributed by atoms with Gasteiger partial charge in [-0.15, -0.1) is 0 Å². The van der Waals surface area contributed by atoms with Crippen molar-refractivity contribution < 1.29 is 0 Å². The highest BCUT2D eigenvalue weighted by Gasteiger charge is 2.12. The van der Waals surface area contributed by atoms with Gasteiger partial charge in [0, 0.05) is 18.8 Å². The number of fused-ring (bicyclic) bond motifs is 1. The van der Waals surface area contributed by atoms with Crippen LogP contribution in [0.4, 0.5) is 0 Å². The van der Waals surface area contributed by atoms with Crippen molar-refractivity contribution in [2.45, 2.75) is 26.8 Å². The van der Waals surface area contributed by atoms with Crippen LogP contribution in [0.15, 0.2) is 53.6 Å². The zero-order valence-electron chi connectivity index (χ0n) is 12.9. The van der Waals surface area contributed by atoms with Crippen molar-refractivity contribution in [1.29, 1.82) is 0 Å². The van der Waals surface area contributed by atoms with E-state index < -0.39 is 0 Å². The maximum absolute atomic E-state index is 12.8. The van der Waals surface area contributed by atoms with E-state index in [2.05, 4.69) is 18.8 Å². The van der Waals surface area contributed by atoms with Gasteiger partial charge in [0.2, 0.25) is 0 Å². The van der Waals surface area contributed by atoms with E-state index in [1.165, 1.54) is 0 Å². The van der Waals surface area contributed by atoms with Gasteiger partial charge in [-0.1, -0.05) is 44.2 Å². The van der Waals surface area contributed by atoms with E-state index >= 15 is 0 Å². The minimum absolute atomic E-state index is 0.0161. The molecule has 1 aromatic carbocycles. The molecule has 0 aliphatic rings. The fourth-order valence-corrected chi connectivity index (χ4v) is 2.56. The fraction of sp³-hybridized carbons (Fsp3) is 0.278. The number of aromatic nitrogens is 3. The third kappa shape index (κ3) is 2.91. The van der Waals surface area contributed by atoms with E-state index in [1.54, 1.807) is 23.0 Å². The summed E-state index contributed by atoms with van der Waals surface area (Å²) in [5.41, 5.74) is 1.80. The molecule has 0 bridgehead atoms. The van der Waals surface area contributed by atoms with Crippen LogP contribution in [0.2, 0.25) is 0 Å². The van der Waals surface area contributed by atoms with Crippen LogP contribution < -0.4 is 5.56 Å².